The molecule has 1 aliphatic rings. The van der Waals surface area contributed by atoms with Crippen LogP contribution in [-0.2, 0) is 6.42 Å². The van der Waals surface area contributed by atoms with Crippen LogP contribution in [0.25, 0.3) is 16.9 Å². The van der Waals surface area contributed by atoms with Gasteiger partial charge in [0.2, 0.25) is 0 Å². The summed E-state index contributed by atoms with van der Waals surface area (Å²) in [5.74, 6) is 1.06. The summed E-state index contributed by atoms with van der Waals surface area (Å²) in [7, 11) is 0. The van der Waals surface area contributed by atoms with Crippen molar-refractivity contribution in [2.75, 3.05) is 11.9 Å². The van der Waals surface area contributed by atoms with E-state index in [1.54, 1.807) is 0 Å². The zero-order valence-corrected chi connectivity index (χ0v) is 16.5. The van der Waals surface area contributed by atoms with Crippen LogP contribution in [0, 0.1) is 13.8 Å². The number of hydrogen-bond donors (Lipinski definition) is 1. The van der Waals surface area contributed by atoms with E-state index in [4.69, 9.17) is 28.3 Å². The van der Waals surface area contributed by atoms with E-state index in [0.717, 1.165) is 48.6 Å². The molecule has 0 radical (unpaired) electrons. The zero-order chi connectivity index (χ0) is 18.3. The average molecular weight is 386 g/mol. The molecule has 1 N–H and O–H groups in total. The van der Waals surface area contributed by atoms with E-state index in [-0.39, 0.29) is 0 Å². The number of hydrogen-bond acceptors (Lipinski definition) is 2. The van der Waals surface area contributed by atoms with Gasteiger partial charge in [-0.1, -0.05) is 47.0 Å². The van der Waals surface area contributed by atoms with Crippen LogP contribution in [0.1, 0.15) is 29.5 Å². The lowest BCUT2D eigenvalue weighted by atomic mass is 10.0. The third-order valence-electron chi connectivity index (χ3n) is 4.91. The van der Waals surface area contributed by atoms with Crippen LogP contribution in [0.15, 0.2) is 36.4 Å². The second-order valence-electron chi connectivity index (χ2n) is 6.86. The Kier molecular flexibility index (Phi) is 4.68. The van der Waals surface area contributed by atoms with Gasteiger partial charge in [-0.15, -0.1) is 0 Å². The van der Waals surface area contributed by atoms with Gasteiger partial charge in [0.15, 0.2) is 0 Å². The Hall–Kier alpha value is -1.97. The molecule has 0 amide bonds. The molecule has 0 unspecified atom stereocenters. The van der Waals surface area contributed by atoms with E-state index in [1.807, 2.05) is 22.9 Å². The molecule has 5 heteroatoms. The quantitative estimate of drug-likeness (QED) is 0.567. The highest BCUT2D eigenvalue weighted by molar-refractivity contribution is 6.39. The van der Waals surface area contributed by atoms with Crippen LogP contribution >= 0.6 is 23.2 Å². The third kappa shape index (κ3) is 3.00. The van der Waals surface area contributed by atoms with Gasteiger partial charge in [0.1, 0.15) is 11.5 Å². The van der Waals surface area contributed by atoms with Gasteiger partial charge >= 0.3 is 0 Å². The molecule has 0 spiro atoms. The molecule has 1 aliphatic heterocycles. The van der Waals surface area contributed by atoms with Gasteiger partial charge in [0.25, 0.3) is 0 Å². The Morgan fingerprint density at radius 1 is 1.04 bits per heavy atom. The van der Waals surface area contributed by atoms with Gasteiger partial charge in [-0.3, -0.25) is 0 Å². The number of rotatable bonds is 2. The molecule has 26 heavy (non-hydrogen) atoms. The first kappa shape index (κ1) is 17.4. The summed E-state index contributed by atoms with van der Waals surface area (Å²) in [4.78, 5) is 0. The van der Waals surface area contributed by atoms with Gasteiger partial charge in [-0.25, -0.2) is 4.68 Å². The highest BCUT2D eigenvalue weighted by Crippen LogP contribution is 2.40. The van der Waals surface area contributed by atoms with Crippen LogP contribution in [0.5, 0.6) is 0 Å². The van der Waals surface area contributed by atoms with Crippen LogP contribution in [0.3, 0.4) is 0 Å². The van der Waals surface area contributed by atoms with E-state index in [9.17, 15) is 0 Å². The summed E-state index contributed by atoms with van der Waals surface area (Å²) < 4.78 is 2.02. The predicted octanol–water partition coefficient (Wildman–Crippen LogP) is 6.21. The molecule has 0 fully saturated rings. The second-order valence-corrected chi connectivity index (χ2v) is 7.67. The van der Waals surface area contributed by atoms with Gasteiger partial charge in [-0.05, 0) is 56.9 Å². The number of benzene rings is 2. The summed E-state index contributed by atoms with van der Waals surface area (Å²) in [6, 6.07) is 12.0. The Balaban J connectivity index is 1.98. The Labute approximate surface area is 163 Å². The van der Waals surface area contributed by atoms with Crippen molar-refractivity contribution in [1.29, 1.82) is 0 Å². The van der Waals surface area contributed by atoms with Crippen LogP contribution in [0.2, 0.25) is 10.0 Å². The number of aromatic nitrogens is 2. The van der Waals surface area contributed by atoms with Crippen LogP contribution in [-0.4, -0.2) is 16.3 Å². The summed E-state index contributed by atoms with van der Waals surface area (Å²) >= 11 is 13.0. The molecule has 3 aromatic rings. The molecule has 2 heterocycles. The minimum atomic E-state index is 0.634. The summed E-state index contributed by atoms with van der Waals surface area (Å²) in [6.07, 6.45) is 3.22. The van der Waals surface area contributed by atoms with Crippen molar-refractivity contribution in [3.8, 4) is 16.9 Å². The maximum atomic E-state index is 6.50. The maximum absolute atomic E-state index is 6.50. The highest BCUT2D eigenvalue weighted by Gasteiger charge is 2.24. The van der Waals surface area contributed by atoms with Crippen molar-refractivity contribution in [3.63, 3.8) is 0 Å². The number of fused-ring (bicyclic) bond motifs is 1. The summed E-state index contributed by atoms with van der Waals surface area (Å²) in [5.41, 5.74) is 6.41. The number of aryl methyl sites for hydroxylation is 2. The number of halogens is 2. The summed E-state index contributed by atoms with van der Waals surface area (Å²) in [5, 5.41) is 9.82. The largest absolute Gasteiger partial charge is 0.370 e. The van der Waals surface area contributed by atoms with Crippen molar-refractivity contribution >= 4 is 29.0 Å². The fourth-order valence-corrected chi connectivity index (χ4v) is 4.22. The first-order chi connectivity index (χ1) is 12.6. The predicted molar refractivity (Wildman–Crippen MR) is 110 cm³/mol. The van der Waals surface area contributed by atoms with Gasteiger partial charge < -0.3 is 5.32 Å². The molecule has 2 aromatic carbocycles. The lowest BCUT2D eigenvalue weighted by Crippen LogP contribution is -2.08. The number of anilines is 1. The fourth-order valence-electron chi connectivity index (χ4n) is 3.64. The lowest BCUT2D eigenvalue weighted by molar-refractivity contribution is 0.779. The minimum Gasteiger partial charge on any atom is -0.370 e. The monoisotopic (exact) mass is 385 g/mol. The number of nitrogens with zero attached hydrogens (tertiary/aromatic N) is 2. The van der Waals surface area contributed by atoms with Gasteiger partial charge in [0.05, 0.1) is 15.7 Å². The van der Waals surface area contributed by atoms with Crippen molar-refractivity contribution < 1.29 is 0 Å². The van der Waals surface area contributed by atoms with Gasteiger partial charge in [-0.2, -0.15) is 5.10 Å². The lowest BCUT2D eigenvalue weighted by Gasteiger charge is -2.12. The van der Waals surface area contributed by atoms with Crippen molar-refractivity contribution in [2.45, 2.75) is 33.1 Å². The molecule has 0 bridgehead atoms. The smallest absolute Gasteiger partial charge is 0.133 e. The molecule has 0 aliphatic carbocycles. The van der Waals surface area contributed by atoms with Crippen LogP contribution in [0.4, 0.5) is 5.82 Å². The van der Waals surface area contributed by atoms with E-state index < -0.39 is 0 Å². The first-order valence-electron chi connectivity index (χ1n) is 8.94. The topological polar surface area (TPSA) is 29.9 Å². The Morgan fingerprint density at radius 2 is 1.81 bits per heavy atom. The fraction of sp³-hybridized carbons (Fsp3) is 0.286. The average Bonchev–Trinajstić information content (AvgIpc) is 2.78. The van der Waals surface area contributed by atoms with Crippen molar-refractivity contribution in [3.05, 3.63) is 63.1 Å². The maximum Gasteiger partial charge on any atom is 0.133 e. The van der Waals surface area contributed by atoms with Crippen LogP contribution < -0.4 is 5.32 Å². The zero-order valence-electron chi connectivity index (χ0n) is 14.9. The molecular formula is C21H21Cl2N3. The summed E-state index contributed by atoms with van der Waals surface area (Å²) in [6.45, 7) is 5.17. The van der Waals surface area contributed by atoms with E-state index in [1.165, 1.54) is 16.7 Å². The number of nitrogens with one attached hydrogen (secondary N) is 1. The second kappa shape index (κ2) is 6.98. The van der Waals surface area contributed by atoms with E-state index in [2.05, 4.69) is 37.4 Å². The molecule has 0 saturated carbocycles. The standard InChI is InChI=1S/C21H21Cl2N3/c1-13-9-10-18(14(2)12-13)26-21-15(6-3-4-11-24-21)20(25-26)19-16(22)7-5-8-17(19)23/h5,7-10,12,24H,3-4,6,11H2,1-2H3. The van der Waals surface area contributed by atoms with E-state index in [0.29, 0.717) is 10.0 Å². The SMILES string of the molecule is Cc1ccc(-n2nc(-c3c(Cl)cccc3Cl)c3c2NCCCC3)c(C)c1. The molecule has 134 valence electrons. The molecule has 0 saturated heterocycles. The van der Waals surface area contributed by atoms with Gasteiger partial charge in [0, 0.05) is 17.7 Å². The molecule has 4 rings (SSSR count). The molecule has 1 aromatic heterocycles. The molecule has 3 nitrogen and oxygen atoms in total. The van der Waals surface area contributed by atoms with Crippen molar-refractivity contribution in [2.24, 2.45) is 0 Å². The minimum absolute atomic E-state index is 0.634. The third-order valence-corrected chi connectivity index (χ3v) is 5.54. The normalized spacial score (nSPS) is 13.8. The first-order valence-corrected chi connectivity index (χ1v) is 9.69. The Bertz CT molecular complexity index is 955. The Morgan fingerprint density at radius 3 is 2.54 bits per heavy atom. The molecular weight excluding hydrogens is 365 g/mol. The van der Waals surface area contributed by atoms with E-state index >= 15 is 0 Å². The highest BCUT2D eigenvalue weighted by atomic mass is 35.5. The van der Waals surface area contributed by atoms with Crippen molar-refractivity contribution in [1.82, 2.24) is 9.78 Å². The molecule has 0 atom stereocenters.